The number of carbonyl (C=O) groups is 1. The molecule has 1 unspecified atom stereocenters. The highest BCUT2D eigenvalue weighted by Gasteiger charge is 2.43. The quantitative estimate of drug-likeness (QED) is 0.344. The van der Waals surface area contributed by atoms with Gasteiger partial charge in [0.25, 0.3) is 0 Å². The predicted molar refractivity (Wildman–Crippen MR) is 144 cm³/mol. The summed E-state index contributed by atoms with van der Waals surface area (Å²) in [7, 11) is 1.67. The molecule has 0 aromatic heterocycles. The minimum Gasteiger partial charge on any atom is -0.490 e. The van der Waals surface area contributed by atoms with Crippen molar-refractivity contribution in [1.82, 2.24) is 4.90 Å². The number of methoxy groups -OCH3 is 1. The van der Waals surface area contributed by atoms with E-state index in [9.17, 15) is 4.79 Å². The summed E-state index contributed by atoms with van der Waals surface area (Å²) in [6.45, 7) is 3.81. The van der Waals surface area contributed by atoms with Crippen molar-refractivity contribution in [3.05, 3.63) is 56.1 Å². The molecule has 2 heterocycles. The van der Waals surface area contributed by atoms with Crippen LogP contribution < -0.4 is 9.64 Å². The van der Waals surface area contributed by atoms with Crippen molar-refractivity contribution in [2.75, 3.05) is 44.9 Å². The molecule has 2 aromatic rings. The molecule has 0 N–H and O–H groups in total. The monoisotopic (exact) mass is 594 g/mol. The van der Waals surface area contributed by atoms with Gasteiger partial charge in [-0.2, -0.15) is 0 Å². The minimum absolute atomic E-state index is 0.0807. The molecule has 2 aromatic carbocycles. The Hall–Kier alpha value is -1.35. The first-order valence-electron chi connectivity index (χ1n) is 12.2. The van der Waals surface area contributed by atoms with Gasteiger partial charge in [-0.25, -0.2) is 0 Å². The highest BCUT2D eigenvalue weighted by Crippen LogP contribution is 2.45. The maximum Gasteiger partial charge on any atom is 0.142 e. The number of aldehydes is 1. The van der Waals surface area contributed by atoms with Crippen LogP contribution in [0.4, 0.5) is 5.69 Å². The molecule has 1 fully saturated rings. The van der Waals surface area contributed by atoms with Crippen molar-refractivity contribution in [1.29, 1.82) is 0 Å². The fourth-order valence-corrected chi connectivity index (χ4v) is 6.89. The van der Waals surface area contributed by atoms with E-state index < -0.39 is 0 Å². The second kappa shape index (κ2) is 10.3. The molecule has 1 spiro atoms. The van der Waals surface area contributed by atoms with E-state index in [4.69, 9.17) is 21.1 Å². The van der Waals surface area contributed by atoms with Crippen LogP contribution in [0.5, 0.6) is 5.75 Å². The number of carbonyl (C=O) groups excluding carboxylic acids is 1. The van der Waals surface area contributed by atoms with Crippen molar-refractivity contribution >= 4 is 46.2 Å². The zero-order valence-corrected chi connectivity index (χ0v) is 22.6. The summed E-state index contributed by atoms with van der Waals surface area (Å²) in [5.41, 5.74) is 3.81. The number of halogens is 2. The molecule has 5 nitrogen and oxygen atoms in total. The summed E-state index contributed by atoms with van der Waals surface area (Å²) in [5.74, 6) is 0.951. The van der Waals surface area contributed by atoms with E-state index in [1.807, 2.05) is 6.07 Å². The number of likely N-dealkylation sites (tertiary alicyclic amines) is 1. The number of fused-ring (bicyclic) bond motifs is 3. The molecule has 0 radical (unpaired) electrons. The molecule has 1 aliphatic carbocycles. The molecular weight excluding hydrogens is 563 g/mol. The fraction of sp³-hybridized carbons (Fsp3) is 0.519. The van der Waals surface area contributed by atoms with Gasteiger partial charge in [-0.05, 0) is 103 Å². The van der Waals surface area contributed by atoms with Gasteiger partial charge >= 0.3 is 0 Å². The van der Waals surface area contributed by atoms with E-state index in [1.54, 1.807) is 7.11 Å². The van der Waals surface area contributed by atoms with Crippen molar-refractivity contribution in [3.8, 4) is 5.75 Å². The van der Waals surface area contributed by atoms with Gasteiger partial charge in [0.2, 0.25) is 0 Å². The average Bonchev–Trinajstić information content (AvgIpc) is 3.23. The molecule has 3 atom stereocenters. The maximum atomic E-state index is 11.9. The van der Waals surface area contributed by atoms with Crippen LogP contribution in [-0.4, -0.2) is 63.2 Å². The summed E-state index contributed by atoms with van der Waals surface area (Å²) >= 11 is 8.75. The molecule has 3 aliphatic rings. The first-order valence-corrected chi connectivity index (χ1v) is 13.6. The lowest BCUT2D eigenvalue weighted by Crippen LogP contribution is -2.51. The molecule has 0 amide bonds. The molecule has 5 rings (SSSR count). The lowest BCUT2D eigenvalue weighted by Gasteiger charge is -2.42. The number of nitrogens with zero attached hydrogens (tertiary/aromatic N) is 2. The van der Waals surface area contributed by atoms with E-state index in [-0.39, 0.29) is 11.5 Å². The molecule has 182 valence electrons. The molecule has 0 saturated carbocycles. The lowest BCUT2D eigenvalue weighted by molar-refractivity contribution is -0.114. The molecule has 2 aliphatic heterocycles. The van der Waals surface area contributed by atoms with Gasteiger partial charge in [0.15, 0.2) is 0 Å². The lowest BCUT2D eigenvalue weighted by atomic mass is 9.70. The van der Waals surface area contributed by atoms with E-state index in [0.717, 1.165) is 74.5 Å². The average molecular weight is 595 g/mol. The molecule has 34 heavy (non-hydrogen) atoms. The topological polar surface area (TPSA) is 42.0 Å². The zero-order chi connectivity index (χ0) is 23.7. The van der Waals surface area contributed by atoms with Gasteiger partial charge in [-0.1, -0.05) is 17.7 Å². The molecule has 1 saturated heterocycles. The van der Waals surface area contributed by atoms with Crippen LogP contribution in [0, 0.1) is 3.57 Å². The fourth-order valence-electron chi connectivity index (χ4n) is 6.22. The number of hydrogen-bond donors (Lipinski definition) is 0. The largest absolute Gasteiger partial charge is 0.490 e. The van der Waals surface area contributed by atoms with Crippen LogP contribution >= 0.6 is 34.2 Å². The normalized spacial score (nSPS) is 25.4. The SMILES string of the molecule is COCC(C=O)N1CCC[C@H]1CN1C[C@@]2(CCCc3cc(Cl)ccc32)COc2ccc(I)cc21. The van der Waals surface area contributed by atoms with Gasteiger partial charge in [0.1, 0.15) is 12.0 Å². The smallest absolute Gasteiger partial charge is 0.142 e. The summed E-state index contributed by atoms with van der Waals surface area (Å²) in [4.78, 5) is 16.7. The van der Waals surface area contributed by atoms with Crippen molar-refractivity contribution in [2.45, 2.75) is 49.6 Å². The number of aryl methyl sites for hydroxylation is 1. The van der Waals surface area contributed by atoms with E-state index in [2.05, 4.69) is 62.7 Å². The number of hydrogen-bond acceptors (Lipinski definition) is 5. The Morgan fingerprint density at radius 1 is 1.29 bits per heavy atom. The van der Waals surface area contributed by atoms with Crippen LogP contribution in [-0.2, 0) is 21.4 Å². The Morgan fingerprint density at radius 3 is 3.00 bits per heavy atom. The standard InChI is InChI=1S/C27H32ClIN2O3/c1-33-16-23(15-32)31-11-3-5-22(31)14-30-17-27(18-34-26-9-7-21(29)13-25(26)30)10-2-4-19-12-20(28)6-8-24(19)27/h6-9,12-13,15,22-23H,2-5,10-11,14,16-18H2,1H3/t22-,23?,27-/m0/s1. The van der Waals surface area contributed by atoms with Gasteiger partial charge < -0.3 is 19.2 Å². The Labute approximate surface area is 220 Å². The van der Waals surface area contributed by atoms with Gasteiger partial charge in [-0.15, -0.1) is 0 Å². The third-order valence-corrected chi connectivity index (χ3v) is 8.68. The Morgan fingerprint density at radius 2 is 2.18 bits per heavy atom. The Kier molecular flexibility index (Phi) is 7.40. The van der Waals surface area contributed by atoms with Gasteiger partial charge in [0, 0.05) is 40.2 Å². The van der Waals surface area contributed by atoms with E-state index in [0.29, 0.717) is 19.3 Å². The first-order chi connectivity index (χ1) is 16.5. The second-order valence-corrected chi connectivity index (χ2v) is 11.6. The zero-order valence-electron chi connectivity index (χ0n) is 19.6. The van der Waals surface area contributed by atoms with Gasteiger partial charge in [-0.3, -0.25) is 4.90 Å². The van der Waals surface area contributed by atoms with Crippen LogP contribution in [0.3, 0.4) is 0 Å². The van der Waals surface area contributed by atoms with Crippen molar-refractivity contribution in [3.63, 3.8) is 0 Å². The van der Waals surface area contributed by atoms with Crippen LogP contribution in [0.1, 0.15) is 36.8 Å². The summed E-state index contributed by atoms with van der Waals surface area (Å²) in [6.07, 6.45) is 6.54. The number of benzene rings is 2. The molecule has 0 bridgehead atoms. The maximum absolute atomic E-state index is 11.9. The molecule has 7 heteroatoms. The van der Waals surface area contributed by atoms with Crippen molar-refractivity contribution in [2.24, 2.45) is 0 Å². The summed E-state index contributed by atoms with van der Waals surface area (Å²) in [5, 5.41) is 0.805. The van der Waals surface area contributed by atoms with Gasteiger partial charge in [0.05, 0.1) is 24.9 Å². The highest BCUT2D eigenvalue weighted by molar-refractivity contribution is 14.1. The highest BCUT2D eigenvalue weighted by atomic mass is 127. The number of ether oxygens (including phenoxy) is 2. The third-order valence-electron chi connectivity index (χ3n) is 7.77. The Bertz CT molecular complexity index is 1050. The van der Waals surface area contributed by atoms with Crippen LogP contribution in [0.2, 0.25) is 5.02 Å². The Balaban J connectivity index is 1.51. The minimum atomic E-state index is -0.192. The van der Waals surface area contributed by atoms with Crippen molar-refractivity contribution < 1.29 is 14.3 Å². The molecular formula is C27H32ClIN2O3. The third kappa shape index (κ3) is 4.71. The van der Waals surface area contributed by atoms with E-state index >= 15 is 0 Å². The first kappa shape index (κ1) is 24.3. The van der Waals surface area contributed by atoms with Crippen LogP contribution in [0.15, 0.2) is 36.4 Å². The number of rotatable bonds is 6. The van der Waals surface area contributed by atoms with Crippen LogP contribution in [0.25, 0.3) is 0 Å². The number of anilines is 1. The summed E-state index contributed by atoms with van der Waals surface area (Å²) < 4.78 is 13.1. The van der Waals surface area contributed by atoms with E-state index in [1.165, 1.54) is 14.7 Å². The second-order valence-electron chi connectivity index (χ2n) is 9.91. The summed E-state index contributed by atoms with van der Waals surface area (Å²) in [6, 6.07) is 13.0. The predicted octanol–water partition coefficient (Wildman–Crippen LogP) is 5.10.